The second-order valence-corrected chi connectivity index (χ2v) is 10.2. The summed E-state index contributed by atoms with van der Waals surface area (Å²) in [5.41, 5.74) is 6.26. The minimum atomic E-state index is -0.906. The normalized spacial score (nSPS) is 27.7. The number of fused-ring (bicyclic) bond motifs is 1. The highest BCUT2D eigenvalue weighted by atomic mass is 16.2. The summed E-state index contributed by atoms with van der Waals surface area (Å²) in [5, 5.41) is 5.38. The second kappa shape index (κ2) is 14.2. The highest BCUT2D eigenvalue weighted by molar-refractivity contribution is 6.38. The van der Waals surface area contributed by atoms with Crippen LogP contribution < -0.4 is 16.4 Å². The maximum Gasteiger partial charge on any atom is 0.289 e. The van der Waals surface area contributed by atoms with Crippen molar-refractivity contribution in [3.05, 3.63) is 12.7 Å². The van der Waals surface area contributed by atoms with Crippen molar-refractivity contribution in [2.24, 2.45) is 17.6 Å². The van der Waals surface area contributed by atoms with E-state index in [0.29, 0.717) is 25.3 Å². The van der Waals surface area contributed by atoms with E-state index in [4.69, 9.17) is 5.73 Å². The standard InChI is InChI=1S/C26H44N4O4/c1-4-15-28-25(33)23(31)21-13-11-9-7-5-6-8-10-12-20(27)26(34)30-16-14-19(17-18(2)3)22(30)24(32)29-21/h4,18-22H,1,5-17,27H2,2-3H3,(H,28,33)(H,29,32)/t19-,20+,21+,22+/m1/s1. The highest BCUT2D eigenvalue weighted by Crippen LogP contribution is 2.31. The van der Waals surface area contributed by atoms with E-state index in [1.165, 1.54) is 6.08 Å². The van der Waals surface area contributed by atoms with Gasteiger partial charge in [0.25, 0.3) is 5.91 Å². The molecule has 0 aromatic heterocycles. The van der Waals surface area contributed by atoms with E-state index in [9.17, 15) is 19.2 Å². The number of Topliss-reactive ketones (excluding diaryl/α,β-unsaturated/α-hetero) is 1. The zero-order valence-electron chi connectivity index (χ0n) is 21.0. The Morgan fingerprint density at radius 2 is 1.71 bits per heavy atom. The molecule has 2 aliphatic rings. The molecule has 2 saturated heterocycles. The quantitative estimate of drug-likeness (QED) is 0.402. The number of carbonyl (C=O) groups excluding carboxylic acids is 4. The van der Waals surface area contributed by atoms with E-state index in [1.54, 1.807) is 4.90 Å². The molecule has 0 aliphatic carbocycles. The fourth-order valence-corrected chi connectivity index (χ4v) is 5.18. The van der Waals surface area contributed by atoms with Crippen molar-refractivity contribution in [1.29, 1.82) is 0 Å². The summed E-state index contributed by atoms with van der Waals surface area (Å²) in [6.07, 6.45) is 10.9. The van der Waals surface area contributed by atoms with Crippen LogP contribution in [0.15, 0.2) is 12.7 Å². The maximum atomic E-state index is 13.5. The predicted octanol–water partition coefficient (Wildman–Crippen LogP) is 2.46. The van der Waals surface area contributed by atoms with Gasteiger partial charge >= 0.3 is 0 Å². The lowest BCUT2D eigenvalue weighted by Gasteiger charge is -2.31. The van der Waals surface area contributed by atoms with Gasteiger partial charge in [0.05, 0.1) is 12.1 Å². The monoisotopic (exact) mass is 476 g/mol. The summed E-state index contributed by atoms with van der Waals surface area (Å²) in [7, 11) is 0. The summed E-state index contributed by atoms with van der Waals surface area (Å²) >= 11 is 0. The van der Waals surface area contributed by atoms with Crippen LogP contribution >= 0.6 is 0 Å². The molecule has 4 N–H and O–H groups in total. The summed E-state index contributed by atoms with van der Waals surface area (Å²) < 4.78 is 0. The van der Waals surface area contributed by atoms with Gasteiger partial charge in [0.2, 0.25) is 17.6 Å². The van der Waals surface area contributed by atoms with Gasteiger partial charge in [-0.25, -0.2) is 0 Å². The summed E-state index contributed by atoms with van der Waals surface area (Å²) in [4.78, 5) is 53.6. The van der Waals surface area contributed by atoms with Crippen LogP contribution in [0, 0.1) is 11.8 Å². The van der Waals surface area contributed by atoms with E-state index in [1.807, 2.05) is 0 Å². The number of nitrogens with two attached hydrogens (primary N) is 1. The maximum absolute atomic E-state index is 13.5. The molecular formula is C26H44N4O4. The first kappa shape index (κ1) is 28.0. The number of carbonyl (C=O) groups is 4. The molecule has 0 unspecified atom stereocenters. The summed E-state index contributed by atoms with van der Waals surface area (Å²) in [6.45, 7) is 8.42. The molecule has 0 saturated carbocycles. The molecule has 2 fully saturated rings. The highest BCUT2D eigenvalue weighted by Gasteiger charge is 2.44. The topological polar surface area (TPSA) is 122 Å². The predicted molar refractivity (Wildman–Crippen MR) is 133 cm³/mol. The molecule has 192 valence electrons. The molecule has 2 aliphatic heterocycles. The van der Waals surface area contributed by atoms with Gasteiger partial charge in [0, 0.05) is 13.1 Å². The van der Waals surface area contributed by atoms with E-state index < -0.39 is 29.8 Å². The summed E-state index contributed by atoms with van der Waals surface area (Å²) in [6, 6.07) is -2.19. The lowest BCUT2D eigenvalue weighted by molar-refractivity contribution is -0.143. The van der Waals surface area contributed by atoms with Gasteiger partial charge in [-0.1, -0.05) is 64.9 Å². The molecule has 2 rings (SSSR count). The lowest BCUT2D eigenvalue weighted by Crippen LogP contribution is -2.56. The van der Waals surface area contributed by atoms with Gasteiger partial charge in [-0.2, -0.15) is 0 Å². The largest absolute Gasteiger partial charge is 0.346 e. The third kappa shape index (κ3) is 8.22. The molecule has 0 bridgehead atoms. The van der Waals surface area contributed by atoms with Crippen molar-refractivity contribution in [3.8, 4) is 0 Å². The van der Waals surface area contributed by atoms with Crippen LogP contribution in [0.4, 0.5) is 0 Å². The van der Waals surface area contributed by atoms with Crippen LogP contribution in [-0.2, 0) is 19.2 Å². The molecular weight excluding hydrogens is 432 g/mol. The molecule has 8 heteroatoms. The number of amides is 3. The molecule has 0 aromatic rings. The second-order valence-electron chi connectivity index (χ2n) is 10.2. The van der Waals surface area contributed by atoms with Gasteiger partial charge in [-0.05, 0) is 37.5 Å². The van der Waals surface area contributed by atoms with Gasteiger partial charge < -0.3 is 21.3 Å². The Bertz CT molecular complexity index is 724. The van der Waals surface area contributed by atoms with Gasteiger partial charge in [0.15, 0.2) is 0 Å². The fourth-order valence-electron chi connectivity index (χ4n) is 5.18. The SMILES string of the molecule is C=CCNC(=O)C(=O)[C@@H]1CCCCCCCCC[C@H](N)C(=O)N2CC[C@H](CC(C)C)[C@H]2C(=O)N1. The van der Waals surface area contributed by atoms with Crippen molar-refractivity contribution >= 4 is 23.5 Å². The average Bonchev–Trinajstić information content (AvgIpc) is 3.21. The fraction of sp³-hybridized carbons (Fsp3) is 0.769. The van der Waals surface area contributed by atoms with Crippen LogP contribution in [0.5, 0.6) is 0 Å². The molecule has 4 atom stereocenters. The van der Waals surface area contributed by atoms with Crippen LogP contribution in [-0.4, -0.2) is 59.6 Å². The molecule has 3 amide bonds. The van der Waals surface area contributed by atoms with Gasteiger partial charge in [-0.3, -0.25) is 19.2 Å². The third-order valence-electron chi connectivity index (χ3n) is 6.94. The van der Waals surface area contributed by atoms with Crippen molar-refractivity contribution in [2.75, 3.05) is 13.1 Å². The number of ketones is 1. The minimum absolute atomic E-state index is 0.000350. The van der Waals surface area contributed by atoms with E-state index in [-0.39, 0.29) is 24.3 Å². The van der Waals surface area contributed by atoms with E-state index in [0.717, 1.165) is 57.8 Å². The molecule has 0 radical (unpaired) electrons. The third-order valence-corrected chi connectivity index (χ3v) is 6.94. The molecule has 2 heterocycles. The summed E-state index contributed by atoms with van der Waals surface area (Å²) in [5.74, 6) is -1.55. The Hall–Kier alpha value is -2.22. The Balaban J connectivity index is 2.27. The first-order valence-electron chi connectivity index (χ1n) is 13.1. The Labute approximate surface area is 204 Å². The zero-order valence-corrected chi connectivity index (χ0v) is 21.0. The van der Waals surface area contributed by atoms with E-state index >= 15 is 0 Å². The average molecular weight is 477 g/mol. The molecule has 8 nitrogen and oxygen atoms in total. The minimum Gasteiger partial charge on any atom is -0.346 e. The number of rotatable bonds is 6. The molecule has 34 heavy (non-hydrogen) atoms. The number of nitrogens with zero attached hydrogens (tertiary/aromatic N) is 1. The zero-order chi connectivity index (χ0) is 25.1. The van der Waals surface area contributed by atoms with Crippen molar-refractivity contribution in [2.45, 2.75) is 103 Å². The van der Waals surface area contributed by atoms with Crippen LogP contribution in [0.3, 0.4) is 0 Å². The Morgan fingerprint density at radius 3 is 2.32 bits per heavy atom. The lowest BCUT2D eigenvalue weighted by atomic mass is 9.89. The van der Waals surface area contributed by atoms with Crippen molar-refractivity contribution in [1.82, 2.24) is 15.5 Å². The number of nitrogens with one attached hydrogen (secondary N) is 2. The Morgan fingerprint density at radius 1 is 1.09 bits per heavy atom. The van der Waals surface area contributed by atoms with Crippen LogP contribution in [0.25, 0.3) is 0 Å². The Kier molecular flexibility index (Phi) is 11.7. The molecule has 0 aromatic carbocycles. The van der Waals surface area contributed by atoms with Crippen molar-refractivity contribution < 1.29 is 19.2 Å². The van der Waals surface area contributed by atoms with E-state index in [2.05, 4.69) is 31.1 Å². The smallest absolute Gasteiger partial charge is 0.289 e. The number of hydrogen-bond acceptors (Lipinski definition) is 5. The van der Waals surface area contributed by atoms with Crippen LogP contribution in [0.2, 0.25) is 0 Å². The van der Waals surface area contributed by atoms with Gasteiger partial charge in [0.1, 0.15) is 6.04 Å². The first-order chi connectivity index (χ1) is 16.3. The van der Waals surface area contributed by atoms with Crippen LogP contribution in [0.1, 0.15) is 84.5 Å². The first-order valence-corrected chi connectivity index (χ1v) is 13.1. The van der Waals surface area contributed by atoms with Crippen molar-refractivity contribution in [3.63, 3.8) is 0 Å². The van der Waals surface area contributed by atoms with Gasteiger partial charge in [-0.15, -0.1) is 6.58 Å². The number of hydrogen-bond donors (Lipinski definition) is 3. The molecule has 0 spiro atoms.